The Morgan fingerprint density at radius 3 is 1.25 bits per heavy atom. The molecule has 0 amide bonds. The molecule has 36 heavy (non-hydrogen) atoms. The van der Waals surface area contributed by atoms with Crippen molar-refractivity contribution < 1.29 is 33.7 Å². The molecule has 2 aromatic carbocycles. The summed E-state index contributed by atoms with van der Waals surface area (Å²) >= 11 is 0. The second-order valence-corrected chi connectivity index (χ2v) is 7.67. The Bertz CT molecular complexity index is 967. The standard InChI is InChI=1S/C26H27N3O7/c1-27-34-5-2-20(3-6-35-28-14-21-8-23(16-30)12-24(9-21)17-31)4-7-36-29-15-22-10-25(18-32)13-26(11-22)19-33/h8-20H,1-7H2/b28-14+,29-15+. The number of nitrogens with zero attached hydrogens (tertiary/aromatic N) is 3. The molecule has 0 bridgehead atoms. The molecule has 0 atom stereocenters. The highest BCUT2D eigenvalue weighted by Gasteiger charge is 2.10. The molecular formula is C26H27N3O7. The molecule has 0 saturated carbocycles. The van der Waals surface area contributed by atoms with Crippen molar-refractivity contribution in [3.05, 3.63) is 69.8 Å². The predicted octanol–water partition coefficient (Wildman–Crippen LogP) is 3.76. The van der Waals surface area contributed by atoms with Crippen LogP contribution >= 0.6 is 0 Å². The molecule has 0 N–H and O–H groups in total. The fraction of sp³-hybridized carbons (Fsp3) is 0.269. The number of carbonyl (C=O) groups excluding carboxylic acids is 4. The summed E-state index contributed by atoms with van der Waals surface area (Å²) in [4.78, 5) is 59.6. The van der Waals surface area contributed by atoms with Crippen LogP contribution in [0.15, 0.2) is 51.9 Å². The van der Waals surface area contributed by atoms with Crippen molar-refractivity contribution in [3.8, 4) is 0 Å². The Kier molecular flexibility index (Phi) is 12.5. The molecule has 2 rings (SSSR count). The van der Waals surface area contributed by atoms with E-state index in [1.807, 2.05) is 0 Å². The molecule has 0 heterocycles. The Hall–Kier alpha value is -4.47. The van der Waals surface area contributed by atoms with Crippen LogP contribution in [0.5, 0.6) is 0 Å². The van der Waals surface area contributed by atoms with Crippen LogP contribution in [0.3, 0.4) is 0 Å². The lowest BCUT2D eigenvalue weighted by molar-refractivity contribution is 0.0830. The molecular weight excluding hydrogens is 466 g/mol. The second kappa shape index (κ2) is 16.2. The lowest BCUT2D eigenvalue weighted by Gasteiger charge is -2.14. The zero-order valence-electron chi connectivity index (χ0n) is 19.7. The van der Waals surface area contributed by atoms with Crippen LogP contribution in [-0.2, 0) is 14.5 Å². The SMILES string of the molecule is C=NOCCC(CCO/N=C/c1cc(C=O)cc(C=O)c1)CCO/N=C/c1cc(C=O)cc(C=O)c1. The molecule has 2 aromatic rings. The van der Waals surface area contributed by atoms with Crippen LogP contribution in [0, 0.1) is 5.92 Å². The number of oxime groups is 3. The van der Waals surface area contributed by atoms with E-state index < -0.39 is 0 Å². The first-order chi connectivity index (χ1) is 17.6. The Morgan fingerprint density at radius 2 is 0.917 bits per heavy atom. The summed E-state index contributed by atoms with van der Waals surface area (Å²) in [6.07, 6.45) is 7.51. The highest BCUT2D eigenvalue weighted by Crippen LogP contribution is 2.15. The number of hydrogen-bond donors (Lipinski definition) is 0. The van der Waals surface area contributed by atoms with Crippen molar-refractivity contribution in [1.82, 2.24) is 0 Å². The minimum Gasteiger partial charge on any atom is -0.396 e. The summed E-state index contributed by atoms with van der Waals surface area (Å²) in [5, 5.41) is 11.2. The van der Waals surface area contributed by atoms with Gasteiger partial charge in [-0.25, -0.2) is 0 Å². The molecule has 0 unspecified atom stereocenters. The first-order valence-electron chi connectivity index (χ1n) is 11.1. The maximum absolute atomic E-state index is 11.0. The molecule has 0 aliphatic heterocycles. The molecule has 188 valence electrons. The van der Waals surface area contributed by atoms with Gasteiger partial charge in [0.15, 0.2) is 0 Å². The highest BCUT2D eigenvalue weighted by molar-refractivity contribution is 5.90. The van der Waals surface area contributed by atoms with Crippen molar-refractivity contribution in [3.63, 3.8) is 0 Å². The predicted molar refractivity (Wildman–Crippen MR) is 134 cm³/mol. The van der Waals surface area contributed by atoms with Crippen molar-refractivity contribution in [2.24, 2.45) is 21.4 Å². The third-order valence-corrected chi connectivity index (χ3v) is 5.04. The van der Waals surface area contributed by atoms with Crippen molar-refractivity contribution in [2.75, 3.05) is 19.8 Å². The third kappa shape index (κ3) is 10.2. The van der Waals surface area contributed by atoms with Gasteiger partial charge in [-0.15, -0.1) is 5.16 Å². The monoisotopic (exact) mass is 493 g/mol. The minimum atomic E-state index is 0.164. The largest absolute Gasteiger partial charge is 0.396 e. The molecule has 0 saturated heterocycles. The minimum absolute atomic E-state index is 0.164. The van der Waals surface area contributed by atoms with E-state index in [1.165, 1.54) is 24.6 Å². The van der Waals surface area contributed by atoms with Crippen molar-refractivity contribution >= 4 is 44.3 Å². The van der Waals surface area contributed by atoms with Gasteiger partial charge in [0.25, 0.3) is 0 Å². The van der Waals surface area contributed by atoms with Gasteiger partial charge in [-0.2, -0.15) is 0 Å². The lowest BCUT2D eigenvalue weighted by Crippen LogP contribution is -2.10. The maximum atomic E-state index is 11.0. The maximum Gasteiger partial charge on any atom is 0.150 e. The second-order valence-electron chi connectivity index (χ2n) is 7.67. The van der Waals surface area contributed by atoms with E-state index in [0.717, 1.165) is 0 Å². The number of aldehydes is 4. The Labute approximate surface area is 208 Å². The van der Waals surface area contributed by atoms with E-state index in [-0.39, 0.29) is 5.92 Å². The first kappa shape index (κ1) is 27.8. The number of carbonyl (C=O) groups is 4. The van der Waals surface area contributed by atoms with Gasteiger partial charge in [-0.3, -0.25) is 19.2 Å². The quantitative estimate of drug-likeness (QED) is 0.134. The molecule has 0 aliphatic rings. The third-order valence-electron chi connectivity index (χ3n) is 5.04. The van der Waals surface area contributed by atoms with Gasteiger partial charge in [0.2, 0.25) is 0 Å². The van der Waals surface area contributed by atoms with Crippen LogP contribution in [0.4, 0.5) is 0 Å². The van der Waals surface area contributed by atoms with Gasteiger partial charge in [0.05, 0.1) is 12.4 Å². The van der Waals surface area contributed by atoms with Gasteiger partial charge < -0.3 is 14.5 Å². The normalized spacial score (nSPS) is 10.9. The van der Waals surface area contributed by atoms with E-state index in [2.05, 4.69) is 22.2 Å². The summed E-state index contributed by atoms with van der Waals surface area (Å²) in [5.41, 5.74) is 2.66. The van der Waals surface area contributed by atoms with Crippen molar-refractivity contribution in [2.45, 2.75) is 19.3 Å². The van der Waals surface area contributed by atoms with Gasteiger partial charge in [0.1, 0.15) is 45.0 Å². The molecule has 0 spiro atoms. The molecule has 10 heteroatoms. The highest BCUT2D eigenvalue weighted by atomic mass is 16.6. The van der Waals surface area contributed by atoms with Gasteiger partial charge >= 0.3 is 0 Å². The average molecular weight is 494 g/mol. The molecule has 0 aliphatic carbocycles. The van der Waals surface area contributed by atoms with E-state index in [1.54, 1.807) is 24.3 Å². The summed E-state index contributed by atoms with van der Waals surface area (Å²) in [7, 11) is 0. The van der Waals surface area contributed by atoms with E-state index in [9.17, 15) is 19.2 Å². The zero-order chi connectivity index (χ0) is 26.0. The fourth-order valence-electron chi connectivity index (χ4n) is 3.28. The summed E-state index contributed by atoms with van der Waals surface area (Å²) in [6, 6.07) is 9.37. The van der Waals surface area contributed by atoms with Gasteiger partial charge in [-0.05, 0) is 72.7 Å². The molecule has 0 radical (unpaired) electrons. The average Bonchev–Trinajstić information content (AvgIpc) is 2.91. The van der Waals surface area contributed by atoms with Crippen LogP contribution in [-0.4, -0.2) is 64.1 Å². The number of hydrogen-bond acceptors (Lipinski definition) is 10. The Balaban J connectivity index is 1.83. The van der Waals surface area contributed by atoms with Crippen LogP contribution in [0.25, 0.3) is 0 Å². The number of benzene rings is 2. The Morgan fingerprint density at radius 1 is 0.583 bits per heavy atom. The summed E-state index contributed by atoms with van der Waals surface area (Å²) in [5.74, 6) is 0.164. The van der Waals surface area contributed by atoms with Gasteiger partial charge in [0, 0.05) is 29.0 Å². The van der Waals surface area contributed by atoms with Crippen LogP contribution < -0.4 is 0 Å². The fourth-order valence-corrected chi connectivity index (χ4v) is 3.28. The van der Waals surface area contributed by atoms with Gasteiger partial charge in [-0.1, -0.05) is 10.3 Å². The molecule has 0 fully saturated rings. The van der Waals surface area contributed by atoms with E-state index in [4.69, 9.17) is 14.5 Å². The van der Waals surface area contributed by atoms with Crippen LogP contribution in [0.1, 0.15) is 71.8 Å². The van der Waals surface area contributed by atoms with Crippen LogP contribution in [0.2, 0.25) is 0 Å². The summed E-state index contributed by atoms with van der Waals surface area (Å²) in [6.45, 7) is 4.33. The first-order valence-corrected chi connectivity index (χ1v) is 11.1. The zero-order valence-corrected chi connectivity index (χ0v) is 19.7. The number of rotatable bonds is 18. The lowest BCUT2D eigenvalue weighted by atomic mass is 9.99. The molecule has 10 nitrogen and oxygen atoms in total. The summed E-state index contributed by atoms with van der Waals surface area (Å²) < 4.78 is 0. The van der Waals surface area contributed by atoms with Crippen molar-refractivity contribution in [1.29, 1.82) is 0 Å². The van der Waals surface area contributed by atoms with E-state index in [0.29, 0.717) is 97.6 Å². The smallest absolute Gasteiger partial charge is 0.150 e. The van der Waals surface area contributed by atoms with E-state index >= 15 is 0 Å². The molecule has 0 aromatic heterocycles. The topological polar surface area (TPSA) is 133 Å².